The van der Waals surface area contributed by atoms with Crippen LogP contribution in [0.15, 0.2) is 86.0 Å². The van der Waals surface area contributed by atoms with Gasteiger partial charge in [-0.2, -0.15) is 5.26 Å². The maximum atomic E-state index is 12.6. The molecule has 0 aliphatic rings. The zero-order chi connectivity index (χ0) is 26.0. The van der Waals surface area contributed by atoms with Crippen LogP contribution in [0.2, 0.25) is 0 Å². The highest BCUT2D eigenvalue weighted by atomic mass is 32.2. The molecule has 3 N–H and O–H groups in total. The molecule has 0 fully saturated rings. The predicted molar refractivity (Wildman–Crippen MR) is 141 cm³/mol. The minimum Gasteiger partial charge on any atom is -0.459 e. The Hall–Kier alpha value is -4.28. The number of thiophene rings is 1. The summed E-state index contributed by atoms with van der Waals surface area (Å²) < 4.78 is 34.0. The quantitative estimate of drug-likeness (QED) is 0.248. The molecular weight excluding hydrogens is 532 g/mol. The number of anilines is 1. The van der Waals surface area contributed by atoms with Gasteiger partial charge in [-0.25, -0.2) is 18.5 Å². The molecule has 0 unspecified atom stereocenters. The van der Waals surface area contributed by atoms with Crippen molar-refractivity contribution in [3.8, 4) is 28.0 Å². The van der Waals surface area contributed by atoms with Gasteiger partial charge in [0.05, 0.1) is 21.6 Å². The van der Waals surface area contributed by atoms with Gasteiger partial charge in [0.1, 0.15) is 33.3 Å². The molecule has 5 rings (SSSR count). The van der Waals surface area contributed by atoms with Crippen LogP contribution in [-0.4, -0.2) is 19.3 Å². The molecule has 5 aromatic rings. The molecule has 184 valence electrons. The Balaban J connectivity index is 1.46. The van der Waals surface area contributed by atoms with Gasteiger partial charge in [-0.15, -0.1) is 11.3 Å². The number of furan rings is 2. The molecule has 0 atom stereocenters. The molecule has 0 spiro atoms. The average molecular weight is 549 g/mol. The number of benzene rings is 1. The lowest BCUT2D eigenvalue weighted by atomic mass is 10.2. The number of amides is 1. The molecule has 0 saturated carbocycles. The summed E-state index contributed by atoms with van der Waals surface area (Å²) in [6, 6.07) is 18.4. The van der Waals surface area contributed by atoms with E-state index in [9.17, 15) is 18.5 Å². The first-order chi connectivity index (χ1) is 17.8. The van der Waals surface area contributed by atoms with E-state index in [-0.39, 0.29) is 16.2 Å². The van der Waals surface area contributed by atoms with Gasteiger partial charge in [0.25, 0.3) is 5.91 Å². The van der Waals surface area contributed by atoms with Crippen molar-refractivity contribution >= 4 is 55.3 Å². The lowest BCUT2D eigenvalue weighted by Gasteiger charge is -2.01. The second kappa shape index (κ2) is 10.00. The van der Waals surface area contributed by atoms with E-state index in [0.717, 1.165) is 16.2 Å². The van der Waals surface area contributed by atoms with Crippen LogP contribution in [-0.2, 0) is 10.0 Å². The number of carbonyl (C=O) groups excluding carboxylic acids is 1. The van der Waals surface area contributed by atoms with Gasteiger partial charge < -0.3 is 14.2 Å². The van der Waals surface area contributed by atoms with Crippen LogP contribution in [0.5, 0.6) is 0 Å². The smallest absolute Gasteiger partial charge is 0.292 e. The number of hydrogen-bond donors (Lipinski definition) is 2. The SMILES string of the molecule is N#C/C(=C\c1ccc(-c2ccc(S(N)(=O)=O)cc2)o1)c1nc(-c2cccs2)c(NC(=O)c2ccco2)s1. The fourth-order valence-electron chi connectivity index (χ4n) is 3.35. The van der Waals surface area contributed by atoms with E-state index in [4.69, 9.17) is 14.0 Å². The maximum absolute atomic E-state index is 12.6. The highest BCUT2D eigenvalue weighted by Crippen LogP contribution is 2.39. The lowest BCUT2D eigenvalue weighted by Crippen LogP contribution is -2.11. The van der Waals surface area contributed by atoms with Crippen LogP contribution in [0, 0.1) is 11.3 Å². The number of nitrogens with one attached hydrogen (secondary N) is 1. The van der Waals surface area contributed by atoms with Gasteiger partial charge in [-0.3, -0.25) is 4.79 Å². The van der Waals surface area contributed by atoms with Crippen LogP contribution in [0.1, 0.15) is 21.3 Å². The number of allylic oxidation sites excluding steroid dienone is 1. The first kappa shape index (κ1) is 24.4. The monoisotopic (exact) mass is 548 g/mol. The number of sulfonamides is 1. The molecule has 0 bridgehead atoms. The van der Waals surface area contributed by atoms with E-state index in [0.29, 0.717) is 32.8 Å². The van der Waals surface area contributed by atoms with E-state index in [1.165, 1.54) is 29.7 Å². The summed E-state index contributed by atoms with van der Waals surface area (Å²) in [5.41, 5.74) is 1.43. The second-order valence-corrected chi connectivity index (χ2v) is 11.1. The molecule has 0 radical (unpaired) electrons. The first-order valence-electron chi connectivity index (χ1n) is 10.6. The maximum Gasteiger partial charge on any atom is 0.292 e. The van der Waals surface area contributed by atoms with Gasteiger partial charge in [-0.05, 0) is 60.0 Å². The molecule has 37 heavy (non-hydrogen) atoms. The van der Waals surface area contributed by atoms with E-state index < -0.39 is 15.9 Å². The molecule has 1 amide bonds. The van der Waals surface area contributed by atoms with Gasteiger partial charge >= 0.3 is 0 Å². The summed E-state index contributed by atoms with van der Waals surface area (Å²) >= 11 is 2.62. The molecular formula is C25H16N4O5S3. The van der Waals surface area contributed by atoms with E-state index >= 15 is 0 Å². The molecule has 9 nitrogen and oxygen atoms in total. The van der Waals surface area contributed by atoms with Crippen LogP contribution in [0.3, 0.4) is 0 Å². The summed E-state index contributed by atoms with van der Waals surface area (Å²) in [4.78, 5) is 18.1. The van der Waals surface area contributed by atoms with Gasteiger partial charge in [0, 0.05) is 11.6 Å². The fraction of sp³-hybridized carbons (Fsp3) is 0. The van der Waals surface area contributed by atoms with Crippen molar-refractivity contribution in [1.29, 1.82) is 5.26 Å². The Morgan fingerprint density at radius 1 is 1.11 bits per heavy atom. The highest BCUT2D eigenvalue weighted by Gasteiger charge is 2.20. The number of nitrogens with zero attached hydrogens (tertiary/aromatic N) is 2. The number of thiazole rings is 1. The second-order valence-electron chi connectivity index (χ2n) is 7.55. The Kier molecular flexibility index (Phi) is 6.60. The van der Waals surface area contributed by atoms with E-state index in [1.54, 1.807) is 42.5 Å². The van der Waals surface area contributed by atoms with Crippen molar-refractivity contribution in [2.45, 2.75) is 4.90 Å². The van der Waals surface area contributed by atoms with Crippen LogP contribution in [0.25, 0.3) is 33.5 Å². The number of hydrogen-bond acceptors (Lipinski definition) is 9. The Morgan fingerprint density at radius 2 is 1.92 bits per heavy atom. The van der Waals surface area contributed by atoms with E-state index in [2.05, 4.69) is 16.4 Å². The van der Waals surface area contributed by atoms with Crippen LogP contribution in [0.4, 0.5) is 5.00 Å². The normalized spacial score (nSPS) is 11.8. The number of primary sulfonamides is 1. The summed E-state index contributed by atoms with van der Waals surface area (Å²) in [5, 5.41) is 20.6. The Labute approximate surface area is 219 Å². The van der Waals surface area contributed by atoms with Gasteiger partial charge in [-0.1, -0.05) is 17.4 Å². The molecule has 0 aliphatic carbocycles. The van der Waals surface area contributed by atoms with Crippen molar-refractivity contribution in [1.82, 2.24) is 4.98 Å². The lowest BCUT2D eigenvalue weighted by molar-refractivity contribution is 0.0997. The van der Waals surface area contributed by atoms with Gasteiger partial charge in [0.2, 0.25) is 10.0 Å². The fourth-order valence-corrected chi connectivity index (χ4v) is 5.59. The summed E-state index contributed by atoms with van der Waals surface area (Å²) in [7, 11) is -3.80. The summed E-state index contributed by atoms with van der Waals surface area (Å²) in [6.45, 7) is 0. The van der Waals surface area contributed by atoms with E-state index in [1.807, 2.05) is 17.5 Å². The standard InChI is InChI=1S/C25H16N4O5S3/c26-14-16(13-17-7-10-19(34-17)15-5-8-18(9-6-15)37(27,31)32)24-28-22(21-4-2-12-35-21)25(36-24)29-23(30)20-3-1-11-33-20/h1-13H,(H,29,30)(H2,27,31,32)/b16-13+. The number of nitrogens with two attached hydrogens (primary N) is 1. The highest BCUT2D eigenvalue weighted by molar-refractivity contribution is 7.89. The zero-order valence-corrected chi connectivity index (χ0v) is 21.2. The van der Waals surface area contributed by atoms with Crippen LogP contribution < -0.4 is 10.5 Å². The van der Waals surface area contributed by atoms with Crippen molar-refractivity contribution in [3.63, 3.8) is 0 Å². The predicted octanol–water partition coefficient (Wildman–Crippen LogP) is 5.69. The average Bonchev–Trinajstić information content (AvgIpc) is 3.68. The number of rotatable bonds is 7. The molecule has 0 saturated heterocycles. The number of carbonyl (C=O) groups is 1. The minimum absolute atomic E-state index is 0.00468. The molecule has 1 aromatic carbocycles. The zero-order valence-electron chi connectivity index (χ0n) is 18.7. The Bertz CT molecular complexity index is 1740. The third kappa shape index (κ3) is 5.30. The molecule has 12 heteroatoms. The van der Waals surface area contributed by atoms with Crippen molar-refractivity contribution in [2.24, 2.45) is 5.14 Å². The first-order valence-corrected chi connectivity index (χ1v) is 13.8. The summed E-state index contributed by atoms with van der Waals surface area (Å²) in [6.07, 6.45) is 2.97. The number of nitriles is 1. The molecule has 4 heterocycles. The third-order valence-corrected chi connectivity index (χ3v) is 7.90. The molecule has 0 aliphatic heterocycles. The van der Waals surface area contributed by atoms with Gasteiger partial charge in [0.15, 0.2) is 5.76 Å². The molecule has 4 aromatic heterocycles. The van der Waals surface area contributed by atoms with Crippen LogP contribution >= 0.6 is 22.7 Å². The van der Waals surface area contributed by atoms with Crippen molar-refractivity contribution < 1.29 is 22.0 Å². The minimum atomic E-state index is -3.80. The van der Waals surface area contributed by atoms with Crippen molar-refractivity contribution in [2.75, 3.05) is 5.32 Å². The topological polar surface area (TPSA) is 152 Å². The Morgan fingerprint density at radius 3 is 2.57 bits per heavy atom. The summed E-state index contributed by atoms with van der Waals surface area (Å²) in [5.74, 6) is 0.610. The largest absolute Gasteiger partial charge is 0.459 e. The van der Waals surface area contributed by atoms with Crippen molar-refractivity contribution in [3.05, 3.63) is 88.8 Å². The number of aromatic nitrogens is 1. The third-order valence-electron chi connectivity index (χ3n) is 5.09.